The molecule has 0 aromatic carbocycles. The van der Waals surface area contributed by atoms with E-state index in [2.05, 4.69) is 31.8 Å². The van der Waals surface area contributed by atoms with Crippen LogP contribution in [0.25, 0.3) is 0 Å². The van der Waals surface area contributed by atoms with Crippen molar-refractivity contribution in [3.05, 3.63) is 11.6 Å². The highest BCUT2D eigenvalue weighted by atomic mass is 16.4. The van der Waals surface area contributed by atoms with Crippen molar-refractivity contribution in [1.82, 2.24) is 0 Å². The highest BCUT2D eigenvalue weighted by molar-refractivity contribution is 5.86. The molecule has 0 saturated heterocycles. The summed E-state index contributed by atoms with van der Waals surface area (Å²) in [6.45, 7) is 4.51. The number of aliphatic hydroxyl groups is 2. The second kappa shape index (κ2) is 5.84. The number of fused-ring (bicyclic) bond motifs is 5. The molecule has 0 radical (unpaired) electrons. The minimum Gasteiger partial charge on any atom is -0.472 e. The van der Waals surface area contributed by atoms with Gasteiger partial charge in [0.1, 0.15) is 5.60 Å². The molecular formula is C22H30O4. The summed E-state index contributed by atoms with van der Waals surface area (Å²) in [5.41, 5.74) is 0.109. The molecule has 4 rings (SSSR count). The van der Waals surface area contributed by atoms with Gasteiger partial charge >= 0.3 is 5.97 Å². The summed E-state index contributed by atoms with van der Waals surface area (Å²) < 4.78 is 0. The number of hydrogen-bond acceptors (Lipinski definition) is 3. The zero-order valence-corrected chi connectivity index (χ0v) is 15.8. The number of carbonyl (C=O) groups is 1. The lowest BCUT2D eigenvalue weighted by Gasteiger charge is -2.58. The molecule has 4 aliphatic carbocycles. The van der Waals surface area contributed by atoms with Gasteiger partial charge in [0.2, 0.25) is 0 Å². The fraction of sp³-hybridized carbons (Fsp3) is 0.773. The van der Waals surface area contributed by atoms with E-state index >= 15 is 0 Å². The Morgan fingerprint density at radius 3 is 2.62 bits per heavy atom. The first kappa shape index (κ1) is 18.1. The summed E-state index contributed by atoms with van der Waals surface area (Å²) in [7, 11) is 0. The molecule has 0 bridgehead atoms. The Hall–Kier alpha value is -1.31. The summed E-state index contributed by atoms with van der Waals surface area (Å²) in [6.07, 6.45) is 9.39. The summed E-state index contributed by atoms with van der Waals surface area (Å²) in [5.74, 6) is 5.26. The molecular weight excluding hydrogens is 328 g/mol. The molecule has 4 aliphatic rings. The molecule has 26 heavy (non-hydrogen) atoms. The van der Waals surface area contributed by atoms with Crippen molar-refractivity contribution in [3.63, 3.8) is 0 Å². The number of aliphatic hydroxyl groups excluding tert-OH is 1. The average Bonchev–Trinajstić information content (AvgIpc) is 2.86. The van der Waals surface area contributed by atoms with Gasteiger partial charge in [0, 0.05) is 11.3 Å². The second-order valence-corrected chi connectivity index (χ2v) is 9.57. The van der Waals surface area contributed by atoms with E-state index in [-0.39, 0.29) is 16.9 Å². The Bertz CT molecular complexity index is 715. The fourth-order valence-electron chi connectivity index (χ4n) is 7.02. The Balaban J connectivity index is 1.66. The van der Waals surface area contributed by atoms with E-state index in [1.54, 1.807) is 0 Å². The van der Waals surface area contributed by atoms with E-state index in [1.807, 2.05) is 0 Å². The van der Waals surface area contributed by atoms with E-state index in [0.717, 1.165) is 44.9 Å². The van der Waals surface area contributed by atoms with Crippen LogP contribution in [0, 0.1) is 40.4 Å². The lowest BCUT2D eigenvalue weighted by molar-refractivity contribution is -0.130. The van der Waals surface area contributed by atoms with Crippen LogP contribution < -0.4 is 0 Å². The SMILES string of the molecule is C[C@]12CC[C@@H](O)CC1=CC[C@H]1[C@H]2CC[C@@]2(C)[C@H]1CC[C@@]2(O)C#CC(=O)O. The van der Waals surface area contributed by atoms with E-state index in [4.69, 9.17) is 5.11 Å². The van der Waals surface area contributed by atoms with E-state index in [1.165, 1.54) is 5.57 Å². The molecule has 0 unspecified atom stereocenters. The number of carboxylic acids is 1. The zero-order valence-electron chi connectivity index (χ0n) is 15.8. The summed E-state index contributed by atoms with van der Waals surface area (Å²) in [5, 5.41) is 30.2. The molecule has 0 aromatic heterocycles. The van der Waals surface area contributed by atoms with Gasteiger partial charge in [-0.15, -0.1) is 0 Å². The molecule has 3 N–H and O–H groups in total. The zero-order chi connectivity index (χ0) is 18.7. The highest BCUT2D eigenvalue weighted by Gasteiger charge is 2.63. The van der Waals surface area contributed by atoms with Crippen molar-refractivity contribution in [2.75, 3.05) is 0 Å². The van der Waals surface area contributed by atoms with Crippen molar-refractivity contribution >= 4 is 5.97 Å². The van der Waals surface area contributed by atoms with Gasteiger partial charge in [-0.25, -0.2) is 4.79 Å². The number of aliphatic carboxylic acids is 1. The number of carboxylic acid groups (broad SMARTS) is 1. The summed E-state index contributed by atoms with van der Waals surface area (Å²) >= 11 is 0. The van der Waals surface area contributed by atoms with Crippen LogP contribution in [0.3, 0.4) is 0 Å². The van der Waals surface area contributed by atoms with E-state index < -0.39 is 11.6 Å². The maximum absolute atomic E-state index is 11.2. The van der Waals surface area contributed by atoms with Crippen LogP contribution in [0.15, 0.2) is 11.6 Å². The fourth-order valence-corrected chi connectivity index (χ4v) is 7.02. The van der Waals surface area contributed by atoms with Gasteiger partial charge in [0.25, 0.3) is 0 Å². The van der Waals surface area contributed by atoms with Crippen LogP contribution in [-0.4, -0.2) is 33.0 Å². The van der Waals surface area contributed by atoms with Crippen molar-refractivity contribution < 1.29 is 20.1 Å². The largest absolute Gasteiger partial charge is 0.472 e. The molecule has 7 atom stereocenters. The Labute approximate surface area is 155 Å². The molecule has 142 valence electrons. The van der Waals surface area contributed by atoms with Gasteiger partial charge in [-0.1, -0.05) is 31.4 Å². The minimum absolute atomic E-state index is 0.178. The normalized spacial score (nSPS) is 49.8. The highest BCUT2D eigenvalue weighted by Crippen LogP contribution is 2.67. The molecule has 0 aliphatic heterocycles. The maximum atomic E-state index is 11.2. The van der Waals surface area contributed by atoms with Gasteiger partial charge in [0.05, 0.1) is 6.10 Å². The first-order valence-corrected chi connectivity index (χ1v) is 10.1. The number of hydrogen-bond donors (Lipinski definition) is 3. The smallest absolute Gasteiger partial charge is 0.382 e. The predicted octanol–water partition coefficient (Wildman–Crippen LogP) is 3.13. The van der Waals surface area contributed by atoms with Crippen molar-refractivity contribution in [2.45, 2.75) is 76.9 Å². The third-order valence-electron chi connectivity index (χ3n) is 8.61. The predicted molar refractivity (Wildman–Crippen MR) is 98.1 cm³/mol. The maximum Gasteiger partial charge on any atom is 0.382 e. The molecule has 0 heterocycles. The Morgan fingerprint density at radius 2 is 1.88 bits per heavy atom. The van der Waals surface area contributed by atoms with Crippen LogP contribution in [0.5, 0.6) is 0 Å². The minimum atomic E-state index is -1.19. The lowest BCUT2D eigenvalue weighted by atomic mass is 9.47. The molecule has 4 nitrogen and oxygen atoms in total. The average molecular weight is 358 g/mol. The third-order valence-corrected chi connectivity index (χ3v) is 8.61. The molecule has 0 spiro atoms. The van der Waals surface area contributed by atoms with E-state index in [0.29, 0.717) is 24.2 Å². The Kier molecular flexibility index (Phi) is 4.06. The molecule has 0 amide bonds. The van der Waals surface area contributed by atoms with Crippen molar-refractivity contribution in [1.29, 1.82) is 0 Å². The third kappa shape index (κ3) is 2.40. The van der Waals surface area contributed by atoms with Gasteiger partial charge in [-0.3, -0.25) is 0 Å². The molecule has 0 aromatic rings. The number of allylic oxidation sites excluding steroid dienone is 1. The molecule has 3 fully saturated rings. The lowest BCUT2D eigenvalue weighted by Crippen LogP contribution is -2.54. The topological polar surface area (TPSA) is 77.8 Å². The van der Waals surface area contributed by atoms with Gasteiger partial charge in [-0.2, -0.15) is 0 Å². The van der Waals surface area contributed by atoms with Gasteiger partial charge in [0.15, 0.2) is 0 Å². The quantitative estimate of drug-likeness (QED) is 0.459. The van der Waals surface area contributed by atoms with Crippen LogP contribution in [0.1, 0.15) is 65.2 Å². The first-order valence-electron chi connectivity index (χ1n) is 10.1. The van der Waals surface area contributed by atoms with Gasteiger partial charge < -0.3 is 15.3 Å². The van der Waals surface area contributed by atoms with Crippen molar-refractivity contribution in [3.8, 4) is 11.8 Å². The molecule has 4 heteroatoms. The standard InChI is InChI=1S/C22H30O4/c1-20-9-5-15(23)13-14(20)3-4-16-17(20)6-10-21(2)18(16)7-11-22(21,26)12-8-19(24)25/h3,15-18,23,26H,4-7,9-11,13H2,1-2H3,(H,24,25)/t15-,16+,17-,18+,20+,21+,22-/m1/s1. The summed E-state index contributed by atoms with van der Waals surface area (Å²) in [4.78, 5) is 10.9. The Morgan fingerprint density at radius 1 is 1.15 bits per heavy atom. The van der Waals surface area contributed by atoms with Crippen molar-refractivity contribution in [2.24, 2.45) is 28.6 Å². The first-order chi connectivity index (χ1) is 12.2. The van der Waals surface area contributed by atoms with Crippen LogP contribution in [-0.2, 0) is 4.79 Å². The summed E-state index contributed by atoms with van der Waals surface area (Å²) in [6, 6.07) is 0. The molecule has 3 saturated carbocycles. The van der Waals surface area contributed by atoms with Gasteiger partial charge in [-0.05, 0) is 74.5 Å². The van der Waals surface area contributed by atoms with E-state index in [9.17, 15) is 15.0 Å². The van der Waals surface area contributed by atoms with Crippen LogP contribution in [0.4, 0.5) is 0 Å². The second-order valence-electron chi connectivity index (χ2n) is 9.57. The van der Waals surface area contributed by atoms with Crippen LogP contribution in [0.2, 0.25) is 0 Å². The monoisotopic (exact) mass is 358 g/mol. The number of rotatable bonds is 0. The van der Waals surface area contributed by atoms with Crippen LogP contribution >= 0.6 is 0 Å².